The van der Waals surface area contributed by atoms with E-state index in [1.165, 1.54) is 11.0 Å². The fraction of sp³-hybridized carbons (Fsp3) is 0.310. The molecule has 0 radical (unpaired) electrons. The van der Waals surface area contributed by atoms with Crippen molar-refractivity contribution in [2.45, 2.75) is 52.7 Å². The molecule has 5 nitrogen and oxygen atoms in total. The number of hydrogen-bond donors (Lipinski definition) is 1. The SMILES string of the molecule is Cc1ccc(OCC(=O)N(Cc2ccccc2F)C(Cc2ccccc2)C(=O)NC(C)C)cc1C. The molecule has 0 aliphatic carbocycles. The summed E-state index contributed by atoms with van der Waals surface area (Å²) in [7, 11) is 0. The fourth-order valence-corrected chi connectivity index (χ4v) is 3.78. The van der Waals surface area contributed by atoms with E-state index in [0.717, 1.165) is 16.7 Å². The third-order valence-corrected chi connectivity index (χ3v) is 5.84. The van der Waals surface area contributed by atoms with Crippen LogP contribution in [0.3, 0.4) is 0 Å². The average Bonchev–Trinajstić information content (AvgIpc) is 2.83. The molecule has 1 N–H and O–H groups in total. The summed E-state index contributed by atoms with van der Waals surface area (Å²) in [6, 6.07) is 20.4. The lowest BCUT2D eigenvalue weighted by Gasteiger charge is -2.32. The highest BCUT2D eigenvalue weighted by Gasteiger charge is 2.31. The molecule has 3 rings (SSSR count). The molecule has 0 fully saturated rings. The van der Waals surface area contributed by atoms with Gasteiger partial charge in [-0.05, 0) is 62.6 Å². The predicted octanol–water partition coefficient (Wildman–Crippen LogP) is 4.99. The van der Waals surface area contributed by atoms with Crippen molar-refractivity contribution in [2.75, 3.05) is 6.61 Å². The molecular weight excluding hydrogens is 443 g/mol. The van der Waals surface area contributed by atoms with E-state index in [4.69, 9.17) is 4.74 Å². The monoisotopic (exact) mass is 476 g/mol. The van der Waals surface area contributed by atoms with Gasteiger partial charge in [0.15, 0.2) is 6.61 Å². The lowest BCUT2D eigenvalue weighted by atomic mass is 10.0. The zero-order valence-corrected chi connectivity index (χ0v) is 20.8. The number of amides is 2. The molecule has 1 atom stereocenters. The van der Waals surface area contributed by atoms with E-state index in [9.17, 15) is 14.0 Å². The van der Waals surface area contributed by atoms with Crippen LogP contribution < -0.4 is 10.1 Å². The largest absolute Gasteiger partial charge is 0.484 e. The molecule has 1 unspecified atom stereocenters. The summed E-state index contributed by atoms with van der Waals surface area (Å²) in [4.78, 5) is 28.2. The van der Waals surface area contributed by atoms with Gasteiger partial charge in [-0.2, -0.15) is 0 Å². The van der Waals surface area contributed by atoms with Gasteiger partial charge in [0.1, 0.15) is 17.6 Å². The molecule has 3 aromatic carbocycles. The predicted molar refractivity (Wildman–Crippen MR) is 136 cm³/mol. The first-order valence-corrected chi connectivity index (χ1v) is 11.8. The van der Waals surface area contributed by atoms with Crippen molar-refractivity contribution in [3.63, 3.8) is 0 Å². The minimum atomic E-state index is -0.838. The molecule has 0 aliphatic heterocycles. The van der Waals surface area contributed by atoms with Crippen LogP contribution in [0.25, 0.3) is 0 Å². The first kappa shape index (κ1) is 25.9. The van der Waals surface area contributed by atoms with Crippen molar-refractivity contribution in [3.8, 4) is 5.75 Å². The Morgan fingerprint density at radius 2 is 1.63 bits per heavy atom. The van der Waals surface area contributed by atoms with Gasteiger partial charge < -0.3 is 15.0 Å². The number of halogens is 1. The van der Waals surface area contributed by atoms with E-state index < -0.39 is 17.8 Å². The number of carbonyl (C=O) groups excluding carboxylic acids is 2. The van der Waals surface area contributed by atoms with E-state index in [2.05, 4.69) is 5.32 Å². The normalized spacial score (nSPS) is 11.7. The number of benzene rings is 3. The van der Waals surface area contributed by atoms with E-state index in [0.29, 0.717) is 17.7 Å². The number of nitrogens with one attached hydrogen (secondary N) is 1. The van der Waals surface area contributed by atoms with Crippen LogP contribution in [0.4, 0.5) is 4.39 Å². The van der Waals surface area contributed by atoms with Crippen LogP contribution in [-0.4, -0.2) is 35.4 Å². The third kappa shape index (κ3) is 7.41. The maximum atomic E-state index is 14.6. The van der Waals surface area contributed by atoms with E-state index in [1.54, 1.807) is 18.2 Å². The van der Waals surface area contributed by atoms with Crippen molar-refractivity contribution < 1.29 is 18.7 Å². The van der Waals surface area contributed by atoms with Crippen LogP contribution in [-0.2, 0) is 22.6 Å². The van der Waals surface area contributed by atoms with Gasteiger partial charge in [0.25, 0.3) is 5.91 Å². The Kier molecular flexibility index (Phi) is 9.01. The Morgan fingerprint density at radius 3 is 2.29 bits per heavy atom. The summed E-state index contributed by atoms with van der Waals surface area (Å²) in [5.41, 5.74) is 3.41. The quantitative estimate of drug-likeness (QED) is 0.449. The van der Waals surface area contributed by atoms with E-state index >= 15 is 0 Å². The Bertz CT molecular complexity index is 1150. The van der Waals surface area contributed by atoms with Crippen LogP contribution in [0.1, 0.15) is 36.1 Å². The summed E-state index contributed by atoms with van der Waals surface area (Å²) in [5.74, 6) is -0.548. The van der Waals surface area contributed by atoms with Crippen LogP contribution in [0.15, 0.2) is 72.8 Å². The standard InChI is InChI=1S/C29H33FN2O3/c1-20(2)31-29(34)27(17-23-10-6-5-7-11-23)32(18-24-12-8-9-13-26(24)30)28(33)19-35-25-15-14-21(3)22(4)16-25/h5-16,20,27H,17-19H2,1-4H3,(H,31,34). The molecule has 0 heterocycles. The Morgan fingerprint density at radius 1 is 0.943 bits per heavy atom. The highest BCUT2D eigenvalue weighted by atomic mass is 19.1. The van der Waals surface area contributed by atoms with Crippen molar-refractivity contribution in [3.05, 3.63) is 101 Å². The minimum Gasteiger partial charge on any atom is -0.484 e. The molecule has 0 aromatic heterocycles. The van der Waals surface area contributed by atoms with Crippen LogP contribution in [0.2, 0.25) is 0 Å². The molecule has 35 heavy (non-hydrogen) atoms. The fourth-order valence-electron chi connectivity index (χ4n) is 3.78. The van der Waals surface area contributed by atoms with Gasteiger partial charge in [0.2, 0.25) is 5.91 Å². The highest BCUT2D eigenvalue weighted by molar-refractivity contribution is 5.88. The molecule has 3 aromatic rings. The van der Waals surface area contributed by atoms with Gasteiger partial charge in [0, 0.05) is 24.6 Å². The number of ether oxygens (including phenoxy) is 1. The molecule has 2 amide bonds. The minimum absolute atomic E-state index is 0.0508. The highest BCUT2D eigenvalue weighted by Crippen LogP contribution is 2.19. The second kappa shape index (κ2) is 12.2. The summed E-state index contributed by atoms with van der Waals surface area (Å²) in [5, 5.41) is 2.92. The second-order valence-corrected chi connectivity index (χ2v) is 9.02. The Labute approximate surface area is 206 Å². The van der Waals surface area contributed by atoms with Crippen molar-refractivity contribution in [1.82, 2.24) is 10.2 Å². The summed E-state index contributed by atoms with van der Waals surface area (Å²) in [6.07, 6.45) is 0.295. The molecular formula is C29H33FN2O3. The lowest BCUT2D eigenvalue weighted by Crippen LogP contribution is -2.53. The zero-order valence-electron chi connectivity index (χ0n) is 20.8. The van der Waals surface area contributed by atoms with Crippen LogP contribution in [0, 0.1) is 19.7 Å². The Balaban J connectivity index is 1.92. The molecule has 184 valence electrons. The number of nitrogens with zero attached hydrogens (tertiary/aromatic N) is 1. The van der Waals surface area contributed by atoms with Crippen molar-refractivity contribution in [1.29, 1.82) is 0 Å². The first-order chi connectivity index (χ1) is 16.7. The number of hydrogen-bond acceptors (Lipinski definition) is 3. The van der Waals surface area contributed by atoms with E-state index in [-0.39, 0.29) is 25.1 Å². The van der Waals surface area contributed by atoms with Crippen molar-refractivity contribution in [2.24, 2.45) is 0 Å². The average molecular weight is 477 g/mol. The number of rotatable bonds is 10. The van der Waals surface area contributed by atoms with Gasteiger partial charge in [-0.1, -0.05) is 54.6 Å². The van der Waals surface area contributed by atoms with Gasteiger partial charge in [-0.15, -0.1) is 0 Å². The molecule has 0 spiro atoms. The number of aryl methyl sites for hydroxylation is 2. The van der Waals surface area contributed by atoms with Crippen molar-refractivity contribution >= 4 is 11.8 Å². The van der Waals surface area contributed by atoms with Crippen LogP contribution >= 0.6 is 0 Å². The van der Waals surface area contributed by atoms with Gasteiger partial charge in [-0.3, -0.25) is 9.59 Å². The third-order valence-electron chi connectivity index (χ3n) is 5.84. The molecule has 0 aliphatic rings. The van der Waals surface area contributed by atoms with Gasteiger partial charge in [-0.25, -0.2) is 4.39 Å². The molecule has 0 saturated heterocycles. The van der Waals surface area contributed by atoms with Gasteiger partial charge >= 0.3 is 0 Å². The maximum absolute atomic E-state index is 14.6. The van der Waals surface area contributed by atoms with E-state index in [1.807, 2.05) is 76.2 Å². The van der Waals surface area contributed by atoms with Crippen LogP contribution in [0.5, 0.6) is 5.75 Å². The Hall–Kier alpha value is -3.67. The molecule has 0 saturated carbocycles. The molecule has 0 bridgehead atoms. The van der Waals surface area contributed by atoms with Gasteiger partial charge in [0.05, 0.1) is 0 Å². The number of carbonyl (C=O) groups is 2. The summed E-state index contributed by atoms with van der Waals surface area (Å²) >= 11 is 0. The smallest absolute Gasteiger partial charge is 0.261 e. The molecule has 6 heteroatoms. The zero-order chi connectivity index (χ0) is 25.4. The lowest BCUT2D eigenvalue weighted by molar-refractivity contribution is -0.143. The summed E-state index contributed by atoms with van der Waals surface area (Å²) in [6.45, 7) is 7.39. The second-order valence-electron chi connectivity index (χ2n) is 9.02. The maximum Gasteiger partial charge on any atom is 0.261 e. The summed E-state index contributed by atoms with van der Waals surface area (Å²) < 4.78 is 20.4. The topological polar surface area (TPSA) is 58.6 Å². The first-order valence-electron chi connectivity index (χ1n) is 11.8.